The fourth-order valence-electron chi connectivity index (χ4n) is 1.29. The molecule has 0 aliphatic rings. The van der Waals surface area contributed by atoms with Gasteiger partial charge in [-0.2, -0.15) is 0 Å². The van der Waals surface area contributed by atoms with Gasteiger partial charge in [-0.15, -0.1) is 11.9 Å². The molecule has 0 amide bonds. The van der Waals surface area contributed by atoms with Gasteiger partial charge in [0.2, 0.25) is 0 Å². The molecule has 0 saturated heterocycles. The average molecular weight is 319 g/mol. The number of halogens is 1. The third kappa shape index (κ3) is 15.6. The molecule has 0 rings (SSSR count). The van der Waals surface area contributed by atoms with Crippen molar-refractivity contribution in [3.63, 3.8) is 0 Å². The summed E-state index contributed by atoms with van der Waals surface area (Å²) in [6.07, 6.45) is 1.39. The summed E-state index contributed by atoms with van der Waals surface area (Å²) in [6.45, 7) is 7.90. The first kappa shape index (κ1) is 22.8. The van der Waals surface area contributed by atoms with Gasteiger partial charge in [0.1, 0.15) is 0 Å². The van der Waals surface area contributed by atoms with Gasteiger partial charge in [0, 0.05) is 11.4 Å². The van der Waals surface area contributed by atoms with Gasteiger partial charge in [0.25, 0.3) is 0 Å². The molecule has 6 heteroatoms. The third-order valence-electron chi connectivity index (χ3n) is 1.84. The number of hydrogen-bond donors (Lipinski definition) is 0. The van der Waals surface area contributed by atoms with Crippen molar-refractivity contribution in [1.29, 1.82) is 0 Å². The summed E-state index contributed by atoms with van der Waals surface area (Å²) < 4.78 is 0. The molecule has 18 heavy (non-hydrogen) atoms. The quantitative estimate of drug-likeness (QED) is 0.304. The summed E-state index contributed by atoms with van der Waals surface area (Å²) >= 11 is 0. The second-order valence-electron chi connectivity index (χ2n) is 3.91. The van der Waals surface area contributed by atoms with E-state index in [9.17, 15) is 10.2 Å². The van der Waals surface area contributed by atoms with Crippen LogP contribution in [0.25, 0.3) is 0 Å². The second-order valence-corrected chi connectivity index (χ2v) is 3.91. The predicted octanol–water partition coefficient (Wildman–Crippen LogP) is -2.69. The molecule has 0 radical (unpaired) electrons. The average Bonchev–Trinajstić information content (AvgIpc) is 2.10. The summed E-state index contributed by atoms with van der Waals surface area (Å²) in [5, 5.41) is 21.6. The van der Waals surface area contributed by atoms with Crippen LogP contribution in [-0.2, 0) is 16.8 Å². The largest absolute Gasteiger partial charge is 3.00 e. The van der Waals surface area contributed by atoms with Crippen LogP contribution in [0, 0.1) is 0 Å². The smallest absolute Gasteiger partial charge is 1.00 e. The molecule has 0 aliphatic heterocycles. The van der Waals surface area contributed by atoms with Crippen LogP contribution in [0.2, 0.25) is 0 Å². The normalized spacial score (nSPS) is 14.6. The summed E-state index contributed by atoms with van der Waals surface area (Å²) in [5.74, 6) is 0.00103. The minimum Gasteiger partial charge on any atom is -1.00 e. The van der Waals surface area contributed by atoms with Crippen LogP contribution < -0.4 is 22.6 Å². The van der Waals surface area contributed by atoms with Gasteiger partial charge in [-0.25, -0.2) is 0 Å². The molecule has 106 valence electrons. The summed E-state index contributed by atoms with van der Waals surface area (Å²) in [6, 6.07) is 0. The molecule has 0 bridgehead atoms. The Morgan fingerprint density at radius 2 is 1.67 bits per heavy atom. The van der Waals surface area contributed by atoms with E-state index in [1.54, 1.807) is 13.8 Å². The van der Waals surface area contributed by atoms with Crippen molar-refractivity contribution < 1.29 is 39.4 Å². The number of nitrogens with zero attached hydrogens (tertiary/aromatic N) is 2. The molecule has 0 fully saturated rings. The van der Waals surface area contributed by atoms with E-state index in [2.05, 4.69) is 9.98 Å². The minimum absolute atomic E-state index is 0. The maximum atomic E-state index is 10.8. The zero-order chi connectivity index (χ0) is 12.6. The van der Waals surface area contributed by atoms with E-state index in [1.165, 1.54) is 13.0 Å². The van der Waals surface area contributed by atoms with Crippen molar-refractivity contribution in [3.05, 3.63) is 11.8 Å². The van der Waals surface area contributed by atoms with Gasteiger partial charge in [0.15, 0.2) is 0 Å². The van der Waals surface area contributed by atoms with Crippen LogP contribution in [0.3, 0.4) is 0 Å². The number of hydrogen-bond acceptors (Lipinski definition) is 4. The Labute approximate surface area is 126 Å². The molecule has 1 atom stereocenters. The fraction of sp³-hybridized carbons (Fsp3) is 0.667. The molecule has 4 nitrogen and oxygen atoms in total. The van der Waals surface area contributed by atoms with E-state index in [1.807, 2.05) is 6.92 Å². The van der Waals surface area contributed by atoms with Crippen LogP contribution in [0.1, 0.15) is 34.1 Å². The fourth-order valence-corrected chi connectivity index (χ4v) is 1.29. The molecular weight excluding hydrogens is 299 g/mol. The topological polar surface area (TPSA) is 70.8 Å². The predicted molar refractivity (Wildman–Crippen MR) is 63.8 cm³/mol. The van der Waals surface area contributed by atoms with Crippen molar-refractivity contribution in [1.82, 2.24) is 0 Å². The second kappa shape index (κ2) is 13.1. The maximum absolute atomic E-state index is 10.8. The van der Waals surface area contributed by atoms with Crippen LogP contribution in [-0.4, -0.2) is 30.6 Å². The first-order valence-corrected chi connectivity index (χ1v) is 5.44. The van der Waals surface area contributed by atoms with Gasteiger partial charge < -0.3 is 22.6 Å². The Balaban J connectivity index is -0.00000112. The van der Waals surface area contributed by atoms with Crippen molar-refractivity contribution in [2.24, 2.45) is 9.98 Å². The van der Waals surface area contributed by atoms with E-state index in [4.69, 9.17) is 0 Å². The molecule has 0 aromatic rings. The maximum Gasteiger partial charge on any atom is 3.00 e. The third-order valence-corrected chi connectivity index (χ3v) is 1.84. The molecule has 0 aromatic heterocycles. The molecular formula is C12H20ClCoN2O2. The molecule has 1 unspecified atom stereocenters. The van der Waals surface area contributed by atoms with Crippen molar-refractivity contribution in [2.45, 2.75) is 40.2 Å². The molecule has 0 saturated carbocycles. The van der Waals surface area contributed by atoms with E-state index < -0.39 is 6.10 Å². The van der Waals surface area contributed by atoms with E-state index >= 15 is 0 Å². The summed E-state index contributed by atoms with van der Waals surface area (Å²) in [4.78, 5) is 8.40. The minimum atomic E-state index is -0.597. The van der Waals surface area contributed by atoms with Gasteiger partial charge in [-0.3, -0.25) is 9.98 Å². The molecule has 0 N–H and O–H groups in total. The van der Waals surface area contributed by atoms with Crippen molar-refractivity contribution >= 4 is 11.4 Å². The van der Waals surface area contributed by atoms with Gasteiger partial charge in [-0.1, -0.05) is 19.9 Å². The standard InChI is InChI=1S/C12H21N2O2.ClH.Co/c1-9(7-11(3)15)13-5-6-14-10(2)8-12(4)16;;/h7,12,15H,5-6,8H2,1-4H3;1H;/q-1;;+3/p-2/b11-7-,13-9?,14-10?;;. The number of allylic oxidation sites excluding steroid dienone is 2. The Hall–Kier alpha value is -0.364. The van der Waals surface area contributed by atoms with Crippen LogP contribution >= 0.6 is 0 Å². The number of aliphatic imine (C=N–C) groups is 2. The number of rotatable bonds is 6. The van der Waals surface area contributed by atoms with E-state index in [-0.39, 0.29) is 34.9 Å². The van der Waals surface area contributed by atoms with Crippen molar-refractivity contribution in [3.8, 4) is 0 Å². The molecule has 0 aromatic carbocycles. The first-order chi connectivity index (χ1) is 7.41. The van der Waals surface area contributed by atoms with Gasteiger partial charge in [0.05, 0.1) is 13.1 Å². The Morgan fingerprint density at radius 3 is 2.11 bits per heavy atom. The van der Waals surface area contributed by atoms with Crippen LogP contribution in [0.5, 0.6) is 0 Å². The van der Waals surface area contributed by atoms with Gasteiger partial charge >= 0.3 is 16.8 Å². The first-order valence-electron chi connectivity index (χ1n) is 5.44. The Bertz CT molecular complexity index is 298. The zero-order valence-electron chi connectivity index (χ0n) is 11.2. The van der Waals surface area contributed by atoms with Gasteiger partial charge in [-0.05, 0) is 20.3 Å². The monoisotopic (exact) mass is 318 g/mol. The van der Waals surface area contributed by atoms with E-state index in [0.29, 0.717) is 19.5 Å². The Morgan fingerprint density at radius 1 is 1.17 bits per heavy atom. The van der Waals surface area contributed by atoms with Crippen molar-refractivity contribution in [2.75, 3.05) is 13.1 Å². The SMILES string of the molecule is CC(/C=C(/C)[O-])=NCCN=C(C)CC(C)[O-].[Cl-].[Co+3]. The molecule has 0 heterocycles. The van der Waals surface area contributed by atoms with Crippen LogP contribution in [0.4, 0.5) is 0 Å². The summed E-state index contributed by atoms with van der Waals surface area (Å²) in [7, 11) is 0. The van der Waals surface area contributed by atoms with E-state index in [0.717, 1.165) is 11.4 Å². The molecule has 0 aliphatic carbocycles. The summed E-state index contributed by atoms with van der Waals surface area (Å²) in [5.41, 5.74) is 1.59. The van der Waals surface area contributed by atoms with Crippen LogP contribution in [0.15, 0.2) is 21.8 Å². The Kier molecular flexibility index (Phi) is 16.6. The molecule has 0 spiro atoms. The zero-order valence-corrected chi connectivity index (χ0v) is 13.0.